The Kier molecular flexibility index (Phi) is 6.37. The summed E-state index contributed by atoms with van der Waals surface area (Å²) in [6.07, 6.45) is 1.72. The molecule has 1 heterocycles. The van der Waals surface area contributed by atoms with Crippen molar-refractivity contribution >= 4 is 21.8 Å². The molecule has 0 aromatic rings. The van der Waals surface area contributed by atoms with Crippen molar-refractivity contribution in [3.05, 3.63) is 0 Å². The van der Waals surface area contributed by atoms with Crippen molar-refractivity contribution in [3.8, 4) is 0 Å². The van der Waals surface area contributed by atoms with Gasteiger partial charge < -0.3 is 10.6 Å². The van der Waals surface area contributed by atoms with Crippen LogP contribution >= 0.6 is 0 Å². The molecule has 1 rings (SSSR count). The highest BCUT2D eigenvalue weighted by Crippen LogP contribution is 1.98. The maximum absolute atomic E-state index is 11.8. The van der Waals surface area contributed by atoms with Gasteiger partial charge in [0.1, 0.15) is 6.04 Å². The molecule has 3 N–H and O–H groups in total. The van der Waals surface area contributed by atoms with Gasteiger partial charge in [-0.3, -0.25) is 14.9 Å². The van der Waals surface area contributed by atoms with Crippen molar-refractivity contribution in [2.45, 2.75) is 19.4 Å². The average molecular weight is 306 g/mol. The van der Waals surface area contributed by atoms with Crippen LogP contribution in [0.2, 0.25) is 0 Å². The van der Waals surface area contributed by atoms with E-state index >= 15 is 0 Å². The van der Waals surface area contributed by atoms with Crippen molar-refractivity contribution in [1.82, 2.24) is 20.3 Å². The lowest BCUT2D eigenvalue weighted by molar-refractivity contribution is -0.126. The summed E-state index contributed by atoms with van der Waals surface area (Å²) in [5, 5.41) is 8.15. The van der Waals surface area contributed by atoms with Crippen LogP contribution in [0.1, 0.15) is 13.3 Å². The predicted molar refractivity (Wildman–Crippen MR) is 74.5 cm³/mol. The van der Waals surface area contributed by atoms with Gasteiger partial charge >= 0.3 is 0 Å². The van der Waals surface area contributed by atoms with Crippen LogP contribution in [-0.2, 0) is 19.6 Å². The highest BCUT2D eigenvalue weighted by molar-refractivity contribution is 7.88. The molecule has 0 aromatic heterocycles. The van der Waals surface area contributed by atoms with E-state index in [9.17, 15) is 18.0 Å². The first-order valence-electron chi connectivity index (χ1n) is 6.57. The van der Waals surface area contributed by atoms with E-state index in [0.29, 0.717) is 26.1 Å². The molecule has 0 bridgehead atoms. The first kappa shape index (κ1) is 16.9. The molecule has 1 atom stereocenters. The molecule has 0 radical (unpaired) electrons. The number of nitrogens with one attached hydrogen (secondary N) is 3. The SMILES string of the molecule is CCN(CCCNC(=O)C1CNC(=O)CN1)S(C)(=O)=O. The van der Waals surface area contributed by atoms with E-state index in [4.69, 9.17) is 0 Å². The quantitative estimate of drug-likeness (QED) is 0.465. The number of piperazine rings is 1. The smallest absolute Gasteiger partial charge is 0.238 e. The minimum atomic E-state index is -3.18. The standard InChI is InChI=1S/C11H22N4O4S/c1-3-15(20(2,18)19)6-4-5-12-11(17)9-7-14-10(16)8-13-9/h9,13H,3-8H2,1-2H3,(H,12,17)(H,14,16). The zero-order chi connectivity index (χ0) is 15.2. The van der Waals surface area contributed by atoms with Crippen molar-refractivity contribution in [3.63, 3.8) is 0 Å². The van der Waals surface area contributed by atoms with Crippen molar-refractivity contribution < 1.29 is 18.0 Å². The summed E-state index contributed by atoms with van der Waals surface area (Å²) >= 11 is 0. The van der Waals surface area contributed by atoms with Gasteiger partial charge in [-0.25, -0.2) is 12.7 Å². The Bertz CT molecular complexity index is 441. The molecule has 1 fully saturated rings. The van der Waals surface area contributed by atoms with Crippen LogP contribution < -0.4 is 16.0 Å². The molecule has 2 amide bonds. The van der Waals surface area contributed by atoms with Crippen LogP contribution in [-0.4, -0.2) is 69.6 Å². The fourth-order valence-corrected chi connectivity index (χ4v) is 2.83. The lowest BCUT2D eigenvalue weighted by Crippen LogP contribution is -2.58. The largest absolute Gasteiger partial charge is 0.355 e. The van der Waals surface area contributed by atoms with Crippen LogP contribution in [0.4, 0.5) is 0 Å². The van der Waals surface area contributed by atoms with Gasteiger partial charge in [-0.15, -0.1) is 0 Å². The van der Waals surface area contributed by atoms with E-state index in [2.05, 4.69) is 16.0 Å². The first-order chi connectivity index (χ1) is 9.34. The topological polar surface area (TPSA) is 108 Å². The Morgan fingerprint density at radius 1 is 1.50 bits per heavy atom. The van der Waals surface area contributed by atoms with Gasteiger partial charge in [-0.05, 0) is 6.42 Å². The third-order valence-corrected chi connectivity index (χ3v) is 4.41. The molecule has 9 heteroatoms. The molecule has 1 aliphatic heterocycles. The van der Waals surface area contributed by atoms with Crippen LogP contribution in [0, 0.1) is 0 Å². The summed E-state index contributed by atoms with van der Waals surface area (Å²) in [7, 11) is -3.18. The van der Waals surface area contributed by atoms with Gasteiger partial charge in [0.15, 0.2) is 0 Å². The second-order valence-corrected chi connectivity index (χ2v) is 6.62. The highest BCUT2D eigenvalue weighted by atomic mass is 32.2. The number of carbonyl (C=O) groups is 2. The minimum absolute atomic E-state index is 0.124. The molecule has 0 aliphatic carbocycles. The van der Waals surface area contributed by atoms with E-state index in [0.717, 1.165) is 0 Å². The summed E-state index contributed by atoms with van der Waals surface area (Å²) < 4.78 is 24.1. The fraction of sp³-hybridized carbons (Fsp3) is 0.818. The molecule has 1 aliphatic rings. The summed E-state index contributed by atoms with van der Waals surface area (Å²) in [5.74, 6) is -0.312. The Balaban J connectivity index is 2.24. The first-order valence-corrected chi connectivity index (χ1v) is 8.42. The van der Waals surface area contributed by atoms with E-state index in [1.54, 1.807) is 6.92 Å². The molecular formula is C11H22N4O4S. The number of sulfonamides is 1. The lowest BCUT2D eigenvalue weighted by Gasteiger charge is -2.23. The van der Waals surface area contributed by atoms with E-state index in [1.807, 2.05) is 0 Å². The Morgan fingerprint density at radius 2 is 2.20 bits per heavy atom. The van der Waals surface area contributed by atoms with Crippen LogP contribution in [0.25, 0.3) is 0 Å². The van der Waals surface area contributed by atoms with E-state index in [-0.39, 0.29) is 24.9 Å². The maximum Gasteiger partial charge on any atom is 0.238 e. The summed E-state index contributed by atoms with van der Waals surface area (Å²) in [4.78, 5) is 22.7. The zero-order valence-corrected chi connectivity index (χ0v) is 12.6. The second kappa shape index (κ2) is 7.55. The highest BCUT2D eigenvalue weighted by Gasteiger charge is 2.23. The van der Waals surface area contributed by atoms with Gasteiger partial charge in [0.25, 0.3) is 0 Å². The van der Waals surface area contributed by atoms with E-state index in [1.165, 1.54) is 10.6 Å². The third-order valence-electron chi connectivity index (χ3n) is 3.03. The average Bonchev–Trinajstić information content (AvgIpc) is 2.37. The Labute approximate surface area is 119 Å². The third kappa shape index (κ3) is 5.43. The zero-order valence-electron chi connectivity index (χ0n) is 11.8. The van der Waals surface area contributed by atoms with Crippen molar-refractivity contribution in [2.24, 2.45) is 0 Å². The molecule has 20 heavy (non-hydrogen) atoms. The Morgan fingerprint density at radius 3 is 2.70 bits per heavy atom. The summed E-state index contributed by atoms with van der Waals surface area (Å²) in [6.45, 7) is 3.38. The maximum atomic E-state index is 11.8. The predicted octanol–water partition coefficient (Wildman–Crippen LogP) is -2.14. The van der Waals surface area contributed by atoms with Gasteiger partial charge in [0, 0.05) is 26.2 Å². The van der Waals surface area contributed by atoms with Gasteiger partial charge in [0.2, 0.25) is 21.8 Å². The number of hydrogen-bond acceptors (Lipinski definition) is 5. The molecule has 1 unspecified atom stereocenters. The molecule has 0 aromatic carbocycles. The molecule has 0 saturated carbocycles. The van der Waals surface area contributed by atoms with E-state index < -0.39 is 16.1 Å². The van der Waals surface area contributed by atoms with Crippen LogP contribution in [0.3, 0.4) is 0 Å². The number of hydrogen-bond donors (Lipinski definition) is 3. The van der Waals surface area contributed by atoms with Crippen molar-refractivity contribution in [1.29, 1.82) is 0 Å². The fourth-order valence-electron chi connectivity index (χ4n) is 1.90. The van der Waals surface area contributed by atoms with Gasteiger partial charge in [-0.2, -0.15) is 0 Å². The summed E-state index contributed by atoms with van der Waals surface area (Å²) in [5.41, 5.74) is 0. The summed E-state index contributed by atoms with van der Waals surface area (Å²) in [6, 6.07) is -0.426. The van der Waals surface area contributed by atoms with Crippen molar-refractivity contribution in [2.75, 3.05) is 39.0 Å². The molecule has 1 saturated heterocycles. The normalized spacial score (nSPS) is 19.8. The minimum Gasteiger partial charge on any atom is -0.355 e. The lowest BCUT2D eigenvalue weighted by atomic mass is 10.2. The second-order valence-electron chi connectivity index (χ2n) is 4.64. The van der Waals surface area contributed by atoms with Gasteiger partial charge in [-0.1, -0.05) is 6.92 Å². The Hall–Kier alpha value is -1.19. The monoisotopic (exact) mass is 306 g/mol. The molecule has 8 nitrogen and oxygen atoms in total. The van der Waals surface area contributed by atoms with Gasteiger partial charge in [0.05, 0.1) is 12.8 Å². The molecule has 0 spiro atoms. The number of carbonyl (C=O) groups excluding carboxylic acids is 2. The van der Waals surface area contributed by atoms with Crippen LogP contribution in [0.15, 0.2) is 0 Å². The number of nitrogens with zero attached hydrogens (tertiary/aromatic N) is 1. The number of amides is 2. The number of rotatable bonds is 7. The van der Waals surface area contributed by atoms with Crippen LogP contribution in [0.5, 0.6) is 0 Å². The molecular weight excluding hydrogens is 284 g/mol. The molecule has 116 valence electrons.